The lowest BCUT2D eigenvalue weighted by Gasteiger charge is -2.29. The number of nitrogens with zero attached hydrogens (tertiary/aromatic N) is 1. The van der Waals surface area contributed by atoms with Gasteiger partial charge in [-0.3, -0.25) is 4.79 Å². The Morgan fingerprint density at radius 2 is 1.73 bits per heavy atom. The molecule has 0 unspecified atom stereocenters. The Balaban J connectivity index is 1.88. The molecule has 8 heteroatoms. The van der Waals surface area contributed by atoms with E-state index in [1.54, 1.807) is 7.11 Å². The van der Waals surface area contributed by atoms with Crippen molar-refractivity contribution in [1.29, 1.82) is 0 Å². The molecule has 2 aromatic carbocycles. The number of carbonyl (C=O) groups excluding carboxylic acids is 1. The van der Waals surface area contributed by atoms with Crippen molar-refractivity contribution in [3.05, 3.63) is 64.7 Å². The first-order valence-electron chi connectivity index (χ1n) is 12.9. The Labute approximate surface area is 219 Å². The van der Waals surface area contributed by atoms with Gasteiger partial charge in [0.2, 0.25) is 0 Å². The molecule has 2 atom stereocenters. The molecule has 1 aliphatic rings. The number of amides is 2. The van der Waals surface area contributed by atoms with Gasteiger partial charge in [0, 0.05) is 25.8 Å². The summed E-state index contributed by atoms with van der Waals surface area (Å²) in [6.07, 6.45) is 0.0112. The van der Waals surface area contributed by atoms with Crippen LogP contribution in [0.25, 0.3) is 0 Å². The molecule has 0 aliphatic carbocycles. The van der Waals surface area contributed by atoms with Gasteiger partial charge in [0.1, 0.15) is 5.75 Å². The molecule has 2 N–H and O–H groups in total. The van der Waals surface area contributed by atoms with E-state index >= 15 is 0 Å². The van der Waals surface area contributed by atoms with Gasteiger partial charge < -0.3 is 29.5 Å². The van der Waals surface area contributed by atoms with E-state index in [0.29, 0.717) is 31.6 Å². The fourth-order valence-corrected chi connectivity index (χ4v) is 4.62. The van der Waals surface area contributed by atoms with Gasteiger partial charge in [0.05, 0.1) is 18.8 Å². The molecule has 1 saturated heterocycles. The molecule has 1 heterocycles. The highest BCUT2D eigenvalue weighted by Crippen LogP contribution is 2.36. The van der Waals surface area contributed by atoms with E-state index < -0.39 is 12.1 Å². The van der Waals surface area contributed by atoms with E-state index in [2.05, 4.69) is 33.0 Å². The summed E-state index contributed by atoms with van der Waals surface area (Å²) in [6, 6.07) is 13.1. The van der Waals surface area contributed by atoms with Crippen molar-refractivity contribution in [3.63, 3.8) is 0 Å². The Bertz CT molecular complexity index is 1010. The second kappa shape index (κ2) is 13.4. The number of benzene rings is 2. The molecule has 2 amide bonds. The maximum absolute atomic E-state index is 13.6. The molecule has 1 aliphatic heterocycles. The molecule has 37 heavy (non-hydrogen) atoms. The summed E-state index contributed by atoms with van der Waals surface area (Å²) >= 11 is 0. The summed E-state index contributed by atoms with van der Waals surface area (Å²) < 4.78 is 17.3. The summed E-state index contributed by atoms with van der Waals surface area (Å²) in [5.41, 5.74) is 3.41. The molecule has 0 bridgehead atoms. The van der Waals surface area contributed by atoms with E-state index in [4.69, 9.17) is 14.2 Å². The normalized spacial score (nSPS) is 18.1. The molecule has 0 radical (unpaired) electrons. The van der Waals surface area contributed by atoms with Gasteiger partial charge >= 0.3 is 6.09 Å². The van der Waals surface area contributed by atoms with Crippen molar-refractivity contribution >= 4 is 12.0 Å². The van der Waals surface area contributed by atoms with Crippen LogP contribution in [0.15, 0.2) is 42.5 Å². The standard InChI is InChI=1S/C29H40N2O6/c1-19(2)23-14-22(15-24(20(3)4)27(23)37-18-35-5)28(32)30-25-16-31(29(33)34)13-9-12-26(25)36-17-21-10-7-6-8-11-21/h6-8,10-11,14-15,19-20,25-26H,9,12-13,16-18H2,1-5H3,(H,30,32)(H,33,34)/t25-,26-/m1/s1. The first kappa shape index (κ1) is 28.5. The third kappa shape index (κ3) is 7.69. The van der Waals surface area contributed by atoms with Gasteiger partial charge in [-0.25, -0.2) is 4.79 Å². The minimum atomic E-state index is -0.994. The summed E-state index contributed by atoms with van der Waals surface area (Å²) in [7, 11) is 1.58. The number of hydrogen-bond acceptors (Lipinski definition) is 5. The number of carboxylic acid groups (broad SMARTS) is 1. The van der Waals surface area contributed by atoms with Crippen LogP contribution in [0.1, 0.15) is 79.4 Å². The molecular weight excluding hydrogens is 472 g/mol. The van der Waals surface area contributed by atoms with Gasteiger partial charge in [-0.1, -0.05) is 58.0 Å². The molecule has 202 valence electrons. The largest absolute Gasteiger partial charge is 0.467 e. The monoisotopic (exact) mass is 512 g/mol. The first-order chi connectivity index (χ1) is 17.7. The van der Waals surface area contributed by atoms with Crippen LogP contribution in [-0.4, -0.2) is 61.1 Å². The van der Waals surface area contributed by atoms with Gasteiger partial charge in [-0.05, 0) is 53.5 Å². The van der Waals surface area contributed by atoms with E-state index in [1.807, 2.05) is 42.5 Å². The Kier molecular flexibility index (Phi) is 10.3. The van der Waals surface area contributed by atoms with Crippen LogP contribution in [0.5, 0.6) is 5.75 Å². The summed E-state index contributed by atoms with van der Waals surface area (Å²) in [6.45, 7) is 9.34. The lowest BCUT2D eigenvalue weighted by atomic mass is 9.91. The van der Waals surface area contributed by atoms with Crippen molar-refractivity contribution in [2.45, 2.75) is 71.1 Å². The summed E-state index contributed by atoms with van der Waals surface area (Å²) in [4.78, 5) is 26.8. The third-order valence-corrected chi connectivity index (χ3v) is 6.65. The van der Waals surface area contributed by atoms with E-state index in [9.17, 15) is 14.7 Å². The smallest absolute Gasteiger partial charge is 0.407 e. The van der Waals surface area contributed by atoms with Crippen molar-refractivity contribution in [2.24, 2.45) is 0 Å². The van der Waals surface area contributed by atoms with Crippen LogP contribution in [0.3, 0.4) is 0 Å². The molecule has 0 aromatic heterocycles. The van der Waals surface area contributed by atoms with Crippen molar-refractivity contribution < 1.29 is 28.9 Å². The predicted molar refractivity (Wildman–Crippen MR) is 142 cm³/mol. The first-order valence-corrected chi connectivity index (χ1v) is 12.9. The highest BCUT2D eigenvalue weighted by atomic mass is 16.7. The number of nitrogens with one attached hydrogen (secondary N) is 1. The number of carbonyl (C=O) groups is 2. The van der Waals surface area contributed by atoms with Gasteiger partial charge in [-0.2, -0.15) is 0 Å². The Morgan fingerprint density at radius 1 is 1.08 bits per heavy atom. The number of hydrogen-bond donors (Lipinski definition) is 2. The quantitative estimate of drug-likeness (QED) is 0.415. The molecule has 1 fully saturated rings. The van der Waals surface area contributed by atoms with Crippen molar-refractivity contribution in [2.75, 3.05) is 27.0 Å². The van der Waals surface area contributed by atoms with Crippen LogP contribution in [0.4, 0.5) is 4.79 Å². The van der Waals surface area contributed by atoms with Crippen LogP contribution in [0, 0.1) is 0 Å². The summed E-state index contributed by atoms with van der Waals surface area (Å²) in [5, 5.41) is 12.8. The Hall–Kier alpha value is -3.10. The number of rotatable bonds is 10. The van der Waals surface area contributed by atoms with Gasteiger partial charge in [0.15, 0.2) is 6.79 Å². The van der Waals surface area contributed by atoms with Gasteiger partial charge in [0.25, 0.3) is 5.91 Å². The second-order valence-electron chi connectivity index (χ2n) is 10.1. The van der Waals surface area contributed by atoms with Crippen LogP contribution < -0.4 is 10.1 Å². The lowest BCUT2D eigenvalue weighted by molar-refractivity contribution is 0.0106. The van der Waals surface area contributed by atoms with Crippen LogP contribution in [0.2, 0.25) is 0 Å². The van der Waals surface area contributed by atoms with E-state index in [-0.39, 0.29) is 37.2 Å². The minimum absolute atomic E-state index is 0.124. The molecule has 3 rings (SSSR count). The SMILES string of the molecule is COCOc1c(C(C)C)cc(C(=O)N[C@@H]2CN(C(=O)O)CCC[C@H]2OCc2ccccc2)cc1C(C)C. The average Bonchev–Trinajstić information content (AvgIpc) is 3.08. The fraction of sp³-hybridized carbons (Fsp3) is 0.517. The van der Waals surface area contributed by atoms with E-state index in [0.717, 1.165) is 22.4 Å². The second-order valence-corrected chi connectivity index (χ2v) is 10.1. The zero-order chi connectivity index (χ0) is 26.9. The number of ether oxygens (including phenoxy) is 3. The molecule has 0 saturated carbocycles. The number of methoxy groups -OCH3 is 1. The number of likely N-dealkylation sites (tertiary alicyclic amines) is 1. The highest BCUT2D eigenvalue weighted by molar-refractivity contribution is 5.95. The van der Waals surface area contributed by atoms with Crippen molar-refractivity contribution in [1.82, 2.24) is 10.2 Å². The topological polar surface area (TPSA) is 97.3 Å². The molecule has 8 nitrogen and oxygen atoms in total. The highest BCUT2D eigenvalue weighted by Gasteiger charge is 2.32. The molecule has 2 aromatic rings. The predicted octanol–water partition coefficient (Wildman–Crippen LogP) is 5.37. The zero-order valence-corrected chi connectivity index (χ0v) is 22.5. The van der Waals surface area contributed by atoms with Crippen LogP contribution in [-0.2, 0) is 16.1 Å². The minimum Gasteiger partial charge on any atom is -0.467 e. The molecule has 0 spiro atoms. The lowest BCUT2D eigenvalue weighted by Crippen LogP contribution is -2.50. The van der Waals surface area contributed by atoms with Gasteiger partial charge in [-0.15, -0.1) is 0 Å². The third-order valence-electron chi connectivity index (χ3n) is 6.65. The average molecular weight is 513 g/mol. The molecular formula is C29H40N2O6. The summed E-state index contributed by atoms with van der Waals surface area (Å²) in [5.74, 6) is 0.741. The van der Waals surface area contributed by atoms with E-state index in [1.165, 1.54) is 4.90 Å². The Morgan fingerprint density at radius 3 is 2.30 bits per heavy atom. The van der Waals surface area contributed by atoms with Crippen molar-refractivity contribution in [3.8, 4) is 5.75 Å². The maximum Gasteiger partial charge on any atom is 0.407 e. The maximum atomic E-state index is 13.6. The van der Waals surface area contributed by atoms with Crippen LogP contribution >= 0.6 is 0 Å². The zero-order valence-electron chi connectivity index (χ0n) is 22.5. The fourth-order valence-electron chi connectivity index (χ4n) is 4.62.